The summed E-state index contributed by atoms with van der Waals surface area (Å²) in [5.41, 5.74) is 7.87. The van der Waals surface area contributed by atoms with Gasteiger partial charge in [0.15, 0.2) is 11.7 Å². The first-order valence-corrected chi connectivity index (χ1v) is 7.40. The highest BCUT2D eigenvalue weighted by molar-refractivity contribution is 5.78. The van der Waals surface area contributed by atoms with Crippen LogP contribution in [0.15, 0.2) is 45.9 Å². The van der Waals surface area contributed by atoms with Gasteiger partial charge in [-0.15, -0.1) is 0 Å². The van der Waals surface area contributed by atoms with Crippen LogP contribution >= 0.6 is 0 Å². The van der Waals surface area contributed by atoms with Crippen LogP contribution in [0.25, 0.3) is 11.3 Å². The molecule has 1 aliphatic heterocycles. The zero-order valence-electron chi connectivity index (χ0n) is 12.6. The van der Waals surface area contributed by atoms with Crippen LogP contribution in [0.3, 0.4) is 0 Å². The number of aliphatic imine (C=N–C) groups is 1. The van der Waals surface area contributed by atoms with Gasteiger partial charge in [-0.25, -0.2) is 4.99 Å². The minimum absolute atomic E-state index is 0.178. The molecule has 0 radical (unpaired) electrons. The van der Waals surface area contributed by atoms with Crippen molar-refractivity contribution in [3.63, 3.8) is 0 Å². The van der Waals surface area contributed by atoms with Gasteiger partial charge in [0, 0.05) is 24.7 Å². The molecule has 0 spiro atoms. The maximum Gasteiger partial charge on any atom is 0.191 e. The van der Waals surface area contributed by atoms with E-state index in [4.69, 9.17) is 15.0 Å². The summed E-state index contributed by atoms with van der Waals surface area (Å²) < 4.78 is 10.8. The van der Waals surface area contributed by atoms with E-state index in [2.05, 4.69) is 10.1 Å². The second kappa shape index (κ2) is 6.62. The number of aromatic nitrogens is 1. The summed E-state index contributed by atoms with van der Waals surface area (Å²) in [6.07, 6.45) is 0.178. The number of morpholine rings is 1. The lowest BCUT2D eigenvalue weighted by Crippen LogP contribution is -2.47. The van der Waals surface area contributed by atoms with Crippen LogP contribution in [0.1, 0.15) is 12.7 Å². The first-order chi connectivity index (χ1) is 10.7. The lowest BCUT2D eigenvalue weighted by molar-refractivity contribution is 0.00527. The van der Waals surface area contributed by atoms with Crippen molar-refractivity contribution < 1.29 is 9.26 Å². The quantitative estimate of drug-likeness (QED) is 0.692. The van der Waals surface area contributed by atoms with Crippen LogP contribution in [0, 0.1) is 0 Å². The summed E-state index contributed by atoms with van der Waals surface area (Å²) in [5.74, 6) is 1.22. The van der Waals surface area contributed by atoms with Gasteiger partial charge < -0.3 is 19.9 Å². The van der Waals surface area contributed by atoms with Crippen LogP contribution in [-0.2, 0) is 11.3 Å². The molecule has 0 bridgehead atoms. The van der Waals surface area contributed by atoms with Crippen molar-refractivity contribution in [2.75, 3.05) is 19.7 Å². The standard InChI is InChI=1S/C16H20N4O2/c1-12-11-20(7-8-21-12)16(17)18-10-14-9-15(19-22-14)13-5-3-2-4-6-13/h2-6,9,12H,7-8,10-11H2,1H3,(H2,17,18). The Labute approximate surface area is 129 Å². The molecule has 6 nitrogen and oxygen atoms in total. The molecule has 1 aliphatic rings. The van der Waals surface area contributed by atoms with Crippen molar-refractivity contribution in [2.45, 2.75) is 19.6 Å². The van der Waals surface area contributed by atoms with Crippen molar-refractivity contribution in [3.05, 3.63) is 42.2 Å². The van der Waals surface area contributed by atoms with Crippen molar-refractivity contribution in [3.8, 4) is 11.3 Å². The molecule has 22 heavy (non-hydrogen) atoms. The Morgan fingerprint density at radius 3 is 3.00 bits per heavy atom. The van der Waals surface area contributed by atoms with Gasteiger partial charge in [-0.3, -0.25) is 0 Å². The molecule has 2 heterocycles. The number of ether oxygens (including phenoxy) is 1. The van der Waals surface area contributed by atoms with E-state index in [-0.39, 0.29) is 6.10 Å². The second-order valence-electron chi connectivity index (χ2n) is 5.35. The number of benzene rings is 1. The molecule has 1 aromatic carbocycles. The summed E-state index contributed by atoms with van der Waals surface area (Å²) in [6.45, 7) is 4.63. The van der Waals surface area contributed by atoms with E-state index in [1.165, 1.54) is 0 Å². The lowest BCUT2D eigenvalue weighted by Gasteiger charge is -2.31. The van der Waals surface area contributed by atoms with Crippen molar-refractivity contribution in [1.29, 1.82) is 0 Å². The lowest BCUT2D eigenvalue weighted by atomic mass is 10.1. The summed E-state index contributed by atoms with van der Waals surface area (Å²) >= 11 is 0. The molecule has 2 N–H and O–H groups in total. The van der Waals surface area contributed by atoms with E-state index in [0.29, 0.717) is 24.9 Å². The molecule has 116 valence electrons. The number of hydrogen-bond donors (Lipinski definition) is 1. The smallest absolute Gasteiger partial charge is 0.191 e. The minimum atomic E-state index is 0.178. The number of hydrogen-bond acceptors (Lipinski definition) is 4. The largest absolute Gasteiger partial charge is 0.375 e. The Morgan fingerprint density at radius 1 is 1.41 bits per heavy atom. The van der Waals surface area contributed by atoms with Gasteiger partial charge >= 0.3 is 0 Å². The third-order valence-corrected chi connectivity index (χ3v) is 3.59. The van der Waals surface area contributed by atoms with E-state index in [0.717, 1.165) is 24.3 Å². The maximum absolute atomic E-state index is 6.03. The van der Waals surface area contributed by atoms with E-state index in [1.54, 1.807) is 0 Å². The van der Waals surface area contributed by atoms with Crippen molar-refractivity contribution in [1.82, 2.24) is 10.1 Å². The number of rotatable bonds is 3. The Hall–Kier alpha value is -2.34. The molecule has 1 unspecified atom stereocenters. The molecule has 3 rings (SSSR count). The van der Waals surface area contributed by atoms with E-state index >= 15 is 0 Å². The Morgan fingerprint density at radius 2 is 2.23 bits per heavy atom. The monoisotopic (exact) mass is 300 g/mol. The number of nitrogens with two attached hydrogens (primary N) is 1. The average Bonchev–Trinajstić information content (AvgIpc) is 3.02. The van der Waals surface area contributed by atoms with Gasteiger partial charge in [-0.2, -0.15) is 0 Å². The van der Waals surface area contributed by atoms with Gasteiger partial charge in [0.1, 0.15) is 12.2 Å². The molecule has 1 aromatic heterocycles. The van der Waals surface area contributed by atoms with Gasteiger partial charge in [0.2, 0.25) is 0 Å². The number of nitrogens with zero attached hydrogens (tertiary/aromatic N) is 3. The highest BCUT2D eigenvalue weighted by atomic mass is 16.5. The third-order valence-electron chi connectivity index (χ3n) is 3.59. The van der Waals surface area contributed by atoms with Crippen LogP contribution in [0.5, 0.6) is 0 Å². The van der Waals surface area contributed by atoms with Crippen molar-refractivity contribution in [2.24, 2.45) is 10.7 Å². The molecule has 0 saturated carbocycles. The summed E-state index contributed by atoms with van der Waals surface area (Å²) in [7, 11) is 0. The first-order valence-electron chi connectivity index (χ1n) is 7.40. The van der Waals surface area contributed by atoms with Crippen LogP contribution < -0.4 is 5.73 Å². The minimum Gasteiger partial charge on any atom is -0.375 e. The predicted octanol–water partition coefficient (Wildman–Crippen LogP) is 1.88. The Kier molecular flexibility index (Phi) is 4.39. The molecule has 1 fully saturated rings. The molecular formula is C16H20N4O2. The molecule has 1 atom stereocenters. The van der Waals surface area contributed by atoms with Crippen LogP contribution in [-0.4, -0.2) is 41.8 Å². The Balaban J connectivity index is 1.64. The molecule has 0 amide bonds. The average molecular weight is 300 g/mol. The van der Waals surface area contributed by atoms with E-state index in [9.17, 15) is 0 Å². The van der Waals surface area contributed by atoms with Crippen LogP contribution in [0.2, 0.25) is 0 Å². The topological polar surface area (TPSA) is 76.9 Å². The fourth-order valence-corrected chi connectivity index (χ4v) is 2.42. The summed E-state index contributed by atoms with van der Waals surface area (Å²) in [6, 6.07) is 11.8. The third kappa shape index (κ3) is 3.46. The fraction of sp³-hybridized carbons (Fsp3) is 0.375. The molecular weight excluding hydrogens is 280 g/mol. The second-order valence-corrected chi connectivity index (χ2v) is 5.35. The highest BCUT2D eigenvalue weighted by Crippen LogP contribution is 2.18. The maximum atomic E-state index is 6.03. The van der Waals surface area contributed by atoms with Gasteiger partial charge in [0.05, 0.1) is 12.7 Å². The van der Waals surface area contributed by atoms with Gasteiger partial charge in [0.25, 0.3) is 0 Å². The van der Waals surface area contributed by atoms with Gasteiger partial charge in [-0.05, 0) is 6.92 Å². The number of guanidine groups is 1. The molecule has 2 aromatic rings. The fourth-order valence-electron chi connectivity index (χ4n) is 2.42. The van der Waals surface area contributed by atoms with E-state index < -0.39 is 0 Å². The molecule has 0 aliphatic carbocycles. The highest BCUT2D eigenvalue weighted by Gasteiger charge is 2.18. The zero-order valence-corrected chi connectivity index (χ0v) is 12.6. The molecule has 1 saturated heterocycles. The zero-order chi connectivity index (χ0) is 15.4. The first kappa shape index (κ1) is 14.6. The summed E-state index contributed by atoms with van der Waals surface area (Å²) in [5, 5.41) is 4.07. The SMILES string of the molecule is CC1CN(C(N)=NCc2cc(-c3ccccc3)no2)CCO1. The summed E-state index contributed by atoms with van der Waals surface area (Å²) in [4.78, 5) is 6.42. The Bertz CT molecular complexity index is 639. The van der Waals surface area contributed by atoms with E-state index in [1.807, 2.05) is 48.2 Å². The predicted molar refractivity (Wildman–Crippen MR) is 84.3 cm³/mol. The molecule has 6 heteroatoms. The normalized spacial score (nSPS) is 19.4. The van der Waals surface area contributed by atoms with Crippen molar-refractivity contribution >= 4 is 5.96 Å². The van der Waals surface area contributed by atoms with Crippen LogP contribution in [0.4, 0.5) is 0 Å². The van der Waals surface area contributed by atoms with Gasteiger partial charge in [-0.1, -0.05) is 35.5 Å².